The maximum Gasteiger partial charge on any atom is 0.0322 e. The first kappa shape index (κ1) is 12.5. The van der Waals surface area contributed by atoms with Crippen LogP contribution in [0.15, 0.2) is 18.5 Å². The van der Waals surface area contributed by atoms with Gasteiger partial charge in [0.25, 0.3) is 0 Å². The molecule has 0 aromatic carbocycles. The molecule has 1 aromatic rings. The first-order valence-electron chi connectivity index (χ1n) is 5.36. The smallest absolute Gasteiger partial charge is 0.0322 e. The van der Waals surface area contributed by atoms with Crippen LogP contribution >= 0.6 is 11.6 Å². The van der Waals surface area contributed by atoms with Crippen molar-refractivity contribution in [1.82, 2.24) is 10.3 Å². The van der Waals surface area contributed by atoms with Crippen LogP contribution in [0.25, 0.3) is 0 Å². The molecular formula is C12H19ClN2. The molecule has 1 aromatic heterocycles. The highest BCUT2D eigenvalue weighted by molar-refractivity contribution is 6.20. The molecule has 2 nitrogen and oxygen atoms in total. The molecule has 0 amide bonds. The molecular weight excluding hydrogens is 208 g/mol. The molecule has 1 rings (SSSR count). The summed E-state index contributed by atoms with van der Waals surface area (Å²) < 4.78 is 0. The van der Waals surface area contributed by atoms with Crippen LogP contribution in [0.5, 0.6) is 0 Å². The fraction of sp³-hybridized carbons (Fsp3) is 0.583. The van der Waals surface area contributed by atoms with Gasteiger partial charge in [0.2, 0.25) is 0 Å². The molecule has 2 unspecified atom stereocenters. The quantitative estimate of drug-likeness (QED) is 0.781. The minimum absolute atomic E-state index is 0.225. The van der Waals surface area contributed by atoms with E-state index in [9.17, 15) is 0 Å². The van der Waals surface area contributed by atoms with E-state index in [2.05, 4.69) is 30.2 Å². The second-order valence-corrected chi connectivity index (χ2v) is 4.91. The summed E-state index contributed by atoms with van der Waals surface area (Å²) in [5.74, 6) is 0. The molecule has 0 saturated carbocycles. The third-order valence-corrected chi connectivity index (χ3v) is 2.44. The van der Waals surface area contributed by atoms with E-state index in [-0.39, 0.29) is 5.38 Å². The number of halogens is 1. The van der Waals surface area contributed by atoms with E-state index in [1.807, 2.05) is 19.3 Å². The molecule has 0 aliphatic rings. The molecule has 0 radical (unpaired) electrons. The lowest BCUT2D eigenvalue weighted by Gasteiger charge is -2.14. The highest BCUT2D eigenvalue weighted by Crippen LogP contribution is 2.06. The van der Waals surface area contributed by atoms with Crippen molar-refractivity contribution in [3.63, 3.8) is 0 Å². The Bertz CT molecular complexity index is 299. The highest BCUT2D eigenvalue weighted by Gasteiger charge is 2.05. The van der Waals surface area contributed by atoms with Gasteiger partial charge in [-0.25, -0.2) is 0 Å². The van der Waals surface area contributed by atoms with Crippen LogP contribution in [0.1, 0.15) is 31.4 Å². The SMILES string of the molecule is Cc1cncc(CNC(C)CC(C)Cl)c1. The molecule has 1 N–H and O–H groups in total. The monoisotopic (exact) mass is 226 g/mol. The highest BCUT2D eigenvalue weighted by atomic mass is 35.5. The van der Waals surface area contributed by atoms with Gasteiger partial charge in [-0.3, -0.25) is 4.98 Å². The Balaban J connectivity index is 2.36. The Hall–Kier alpha value is -0.600. The van der Waals surface area contributed by atoms with Gasteiger partial charge in [0.1, 0.15) is 0 Å². The second-order valence-electron chi connectivity index (χ2n) is 4.17. The Kier molecular flexibility index (Phi) is 5.06. The van der Waals surface area contributed by atoms with Gasteiger partial charge < -0.3 is 5.32 Å². The van der Waals surface area contributed by atoms with Crippen LogP contribution in [-0.4, -0.2) is 16.4 Å². The van der Waals surface area contributed by atoms with E-state index in [4.69, 9.17) is 11.6 Å². The molecule has 84 valence electrons. The normalized spacial score (nSPS) is 14.9. The minimum atomic E-state index is 0.225. The Morgan fingerprint density at radius 2 is 2.13 bits per heavy atom. The maximum absolute atomic E-state index is 5.93. The van der Waals surface area contributed by atoms with Gasteiger partial charge in [0, 0.05) is 30.4 Å². The number of aryl methyl sites for hydroxylation is 1. The number of pyridine rings is 1. The molecule has 0 fully saturated rings. The number of hydrogen-bond donors (Lipinski definition) is 1. The van der Waals surface area contributed by atoms with E-state index >= 15 is 0 Å². The zero-order valence-corrected chi connectivity index (χ0v) is 10.4. The largest absolute Gasteiger partial charge is 0.310 e. The van der Waals surface area contributed by atoms with Crippen LogP contribution in [-0.2, 0) is 6.54 Å². The maximum atomic E-state index is 5.93. The van der Waals surface area contributed by atoms with E-state index in [1.54, 1.807) is 0 Å². The lowest BCUT2D eigenvalue weighted by Crippen LogP contribution is -2.27. The van der Waals surface area contributed by atoms with E-state index in [1.165, 1.54) is 11.1 Å². The van der Waals surface area contributed by atoms with Gasteiger partial charge in [-0.15, -0.1) is 11.6 Å². The number of alkyl halides is 1. The molecule has 0 spiro atoms. The molecule has 0 aliphatic heterocycles. The summed E-state index contributed by atoms with van der Waals surface area (Å²) in [5.41, 5.74) is 2.43. The number of aromatic nitrogens is 1. The van der Waals surface area contributed by atoms with Crippen molar-refractivity contribution in [3.8, 4) is 0 Å². The van der Waals surface area contributed by atoms with E-state index in [0.717, 1.165) is 13.0 Å². The Labute approximate surface area is 97.1 Å². The van der Waals surface area contributed by atoms with Gasteiger partial charge in [-0.1, -0.05) is 6.07 Å². The number of nitrogens with zero attached hydrogens (tertiary/aromatic N) is 1. The summed E-state index contributed by atoms with van der Waals surface area (Å²) in [5, 5.41) is 3.66. The van der Waals surface area contributed by atoms with Crippen molar-refractivity contribution in [2.45, 2.75) is 45.2 Å². The number of hydrogen-bond acceptors (Lipinski definition) is 2. The Morgan fingerprint density at radius 3 is 2.73 bits per heavy atom. The van der Waals surface area contributed by atoms with Crippen molar-refractivity contribution in [1.29, 1.82) is 0 Å². The number of rotatable bonds is 5. The molecule has 1 heterocycles. The van der Waals surface area contributed by atoms with Crippen molar-refractivity contribution in [2.24, 2.45) is 0 Å². The summed E-state index contributed by atoms with van der Waals surface area (Å²) in [6, 6.07) is 2.59. The third kappa shape index (κ3) is 5.14. The van der Waals surface area contributed by atoms with Crippen LogP contribution in [0.4, 0.5) is 0 Å². The van der Waals surface area contributed by atoms with E-state index in [0.29, 0.717) is 6.04 Å². The molecule has 0 saturated heterocycles. The zero-order valence-electron chi connectivity index (χ0n) is 9.63. The topological polar surface area (TPSA) is 24.9 Å². The van der Waals surface area contributed by atoms with Gasteiger partial charge in [-0.05, 0) is 38.3 Å². The van der Waals surface area contributed by atoms with Gasteiger partial charge in [0.05, 0.1) is 0 Å². The lowest BCUT2D eigenvalue weighted by atomic mass is 10.1. The first-order valence-corrected chi connectivity index (χ1v) is 5.79. The first-order chi connectivity index (χ1) is 7.08. The number of nitrogens with one attached hydrogen (secondary N) is 1. The fourth-order valence-electron chi connectivity index (χ4n) is 1.58. The van der Waals surface area contributed by atoms with Crippen molar-refractivity contribution in [2.75, 3.05) is 0 Å². The molecule has 3 heteroatoms. The third-order valence-electron chi connectivity index (χ3n) is 2.26. The minimum Gasteiger partial charge on any atom is -0.310 e. The summed E-state index contributed by atoms with van der Waals surface area (Å²) in [6.45, 7) is 7.09. The van der Waals surface area contributed by atoms with Gasteiger partial charge >= 0.3 is 0 Å². The zero-order chi connectivity index (χ0) is 11.3. The lowest BCUT2D eigenvalue weighted by molar-refractivity contribution is 0.511. The Morgan fingerprint density at radius 1 is 1.40 bits per heavy atom. The van der Waals surface area contributed by atoms with Crippen molar-refractivity contribution < 1.29 is 0 Å². The standard InChI is InChI=1S/C12H19ClN2/c1-9-4-12(7-14-6-9)8-15-11(3)5-10(2)13/h4,6-7,10-11,15H,5,8H2,1-3H3. The molecule has 0 bridgehead atoms. The van der Waals surface area contributed by atoms with Crippen molar-refractivity contribution in [3.05, 3.63) is 29.6 Å². The van der Waals surface area contributed by atoms with Gasteiger partial charge in [-0.2, -0.15) is 0 Å². The summed E-state index contributed by atoms with van der Waals surface area (Å²) >= 11 is 5.93. The van der Waals surface area contributed by atoms with Crippen molar-refractivity contribution >= 4 is 11.6 Å². The van der Waals surface area contributed by atoms with Crippen LogP contribution < -0.4 is 5.32 Å². The average Bonchev–Trinajstić information content (AvgIpc) is 2.14. The second kappa shape index (κ2) is 6.09. The van der Waals surface area contributed by atoms with Crippen LogP contribution in [0.3, 0.4) is 0 Å². The average molecular weight is 227 g/mol. The van der Waals surface area contributed by atoms with Gasteiger partial charge in [0.15, 0.2) is 0 Å². The summed E-state index contributed by atoms with van der Waals surface area (Å²) in [7, 11) is 0. The predicted octanol–water partition coefficient (Wildman–Crippen LogP) is 2.89. The molecule has 0 aliphatic carbocycles. The molecule has 15 heavy (non-hydrogen) atoms. The summed E-state index contributed by atoms with van der Waals surface area (Å²) in [6.07, 6.45) is 4.76. The molecule has 2 atom stereocenters. The predicted molar refractivity (Wildman–Crippen MR) is 65.2 cm³/mol. The fourth-order valence-corrected chi connectivity index (χ4v) is 1.84. The van der Waals surface area contributed by atoms with Crippen LogP contribution in [0, 0.1) is 6.92 Å². The summed E-state index contributed by atoms with van der Waals surface area (Å²) in [4.78, 5) is 4.16. The van der Waals surface area contributed by atoms with E-state index < -0.39 is 0 Å². The van der Waals surface area contributed by atoms with Crippen LogP contribution in [0.2, 0.25) is 0 Å².